The van der Waals surface area contributed by atoms with E-state index in [2.05, 4.69) is 0 Å². The fourth-order valence-corrected chi connectivity index (χ4v) is 1.53. The molecule has 1 unspecified atom stereocenters. The molecule has 0 aromatic carbocycles. The van der Waals surface area contributed by atoms with E-state index in [1.807, 2.05) is 6.19 Å². The molecule has 0 aliphatic carbocycles. The molecule has 4 heteroatoms. The zero-order chi connectivity index (χ0) is 8.48. The highest BCUT2D eigenvalue weighted by Gasteiger charge is 2.43. The van der Waals surface area contributed by atoms with Gasteiger partial charge in [-0.15, -0.1) is 0 Å². The number of likely N-dealkylation sites (tertiary alicyclic amines) is 1. The molecule has 3 nitrogen and oxygen atoms in total. The Labute approximate surface area is 70.5 Å². The third kappa shape index (κ3) is 1.19. The number of rotatable bonds is 1. The number of carbonyl (C=O) groups excluding carboxylic acids is 1. The molecule has 1 fully saturated rings. The summed E-state index contributed by atoms with van der Waals surface area (Å²) in [4.78, 5) is 11.3. The molecule has 1 saturated heterocycles. The minimum absolute atomic E-state index is 0.141. The number of ketones is 1. The van der Waals surface area contributed by atoms with Crippen molar-refractivity contribution >= 4 is 17.4 Å². The summed E-state index contributed by atoms with van der Waals surface area (Å²) >= 11 is 5.93. The van der Waals surface area contributed by atoms with Crippen LogP contribution in [0, 0.1) is 11.5 Å². The standard InChI is InChI=1S/C7H9ClN2O/c1-6(11)7(8)3-2-4-10(7)5-9/h2-4H2,1H3. The van der Waals surface area contributed by atoms with Crippen LogP contribution in [0.15, 0.2) is 0 Å². The Kier molecular flexibility index (Phi) is 2.05. The summed E-state index contributed by atoms with van der Waals surface area (Å²) in [5.74, 6) is -0.141. The van der Waals surface area contributed by atoms with Crippen molar-refractivity contribution in [1.29, 1.82) is 5.26 Å². The Balaban J connectivity index is 2.85. The predicted octanol–water partition coefficient (Wildman–Crippen LogP) is 1.09. The summed E-state index contributed by atoms with van der Waals surface area (Å²) in [6.45, 7) is 2.02. The quantitative estimate of drug-likeness (QED) is 0.338. The molecular formula is C7H9ClN2O. The van der Waals surface area contributed by atoms with Gasteiger partial charge in [-0.1, -0.05) is 11.6 Å². The van der Waals surface area contributed by atoms with Crippen molar-refractivity contribution < 1.29 is 4.79 Å². The minimum atomic E-state index is -1.03. The molecule has 1 aliphatic heterocycles. The van der Waals surface area contributed by atoms with Gasteiger partial charge < -0.3 is 0 Å². The van der Waals surface area contributed by atoms with Crippen LogP contribution in [0.5, 0.6) is 0 Å². The van der Waals surface area contributed by atoms with Crippen LogP contribution in [-0.2, 0) is 4.79 Å². The number of Topliss-reactive ketones (excluding diaryl/α,β-unsaturated/α-hetero) is 1. The van der Waals surface area contributed by atoms with Gasteiger partial charge in [-0.05, 0) is 19.8 Å². The maximum atomic E-state index is 11.0. The number of carbonyl (C=O) groups is 1. The maximum Gasteiger partial charge on any atom is 0.181 e. The van der Waals surface area contributed by atoms with Crippen molar-refractivity contribution in [3.63, 3.8) is 0 Å². The van der Waals surface area contributed by atoms with E-state index >= 15 is 0 Å². The normalized spacial score (nSPS) is 30.1. The largest absolute Gasteiger partial charge is 0.296 e. The number of hydrogen-bond acceptors (Lipinski definition) is 3. The smallest absolute Gasteiger partial charge is 0.181 e. The van der Waals surface area contributed by atoms with E-state index in [1.54, 1.807) is 0 Å². The van der Waals surface area contributed by atoms with Crippen LogP contribution < -0.4 is 0 Å². The molecule has 60 valence electrons. The first-order valence-electron chi connectivity index (χ1n) is 3.48. The highest BCUT2D eigenvalue weighted by Crippen LogP contribution is 2.33. The van der Waals surface area contributed by atoms with Crippen LogP contribution in [-0.4, -0.2) is 22.2 Å². The van der Waals surface area contributed by atoms with Gasteiger partial charge in [-0.25, -0.2) is 0 Å². The van der Waals surface area contributed by atoms with Gasteiger partial charge in [0.1, 0.15) is 0 Å². The van der Waals surface area contributed by atoms with Gasteiger partial charge in [-0.2, -0.15) is 5.26 Å². The van der Waals surface area contributed by atoms with E-state index in [1.165, 1.54) is 11.8 Å². The first-order chi connectivity index (χ1) is 5.11. The second kappa shape index (κ2) is 2.71. The summed E-state index contributed by atoms with van der Waals surface area (Å²) in [7, 11) is 0. The number of nitrogens with zero attached hydrogens (tertiary/aromatic N) is 2. The van der Waals surface area contributed by atoms with Crippen molar-refractivity contribution in [2.45, 2.75) is 24.8 Å². The lowest BCUT2D eigenvalue weighted by Gasteiger charge is -2.24. The van der Waals surface area contributed by atoms with Gasteiger partial charge in [0.05, 0.1) is 0 Å². The van der Waals surface area contributed by atoms with Crippen molar-refractivity contribution in [3.8, 4) is 6.19 Å². The molecule has 0 saturated carbocycles. The Hall–Kier alpha value is -0.750. The molecule has 1 rings (SSSR count). The molecule has 1 heterocycles. The van der Waals surface area contributed by atoms with Crippen molar-refractivity contribution in [2.24, 2.45) is 0 Å². The first kappa shape index (κ1) is 8.35. The van der Waals surface area contributed by atoms with E-state index in [0.29, 0.717) is 13.0 Å². The van der Waals surface area contributed by atoms with Gasteiger partial charge in [-0.3, -0.25) is 9.69 Å². The van der Waals surface area contributed by atoms with Crippen LogP contribution >= 0.6 is 11.6 Å². The van der Waals surface area contributed by atoms with E-state index in [4.69, 9.17) is 16.9 Å². The molecule has 0 spiro atoms. The molecule has 0 radical (unpaired) electrons. The van der Waals surface area contributed by atoms with Crippen LogP contribution in [0.4, 0.5) is 0 Å². The number of nitriles is 1. The molecule has 0 aromatic rings. The van der Waals surface area contributed by atoms with Crippen LogP contribution in [0.2, 0.25) is 0 Å². The van der Waals surface area contributed by atoms with Crippen molar-refractivity contribution in [2.75, 3.05) is 6.54 Å². The third-order valence-electron chi connectivity index (χ3n) is 1.98. The Morgan fingerprint density at radius 2 is 2.45 bits per heavy atom. The van der Waals surface area contributed by atoms with Gasteiger partial charge in [0, 0.05) is 6.54 Å². The highest BCUT2D eigenvalue weighted by molar-refractivity contribution is 6.34. The molecule has 1 atom stereocenters. The summed E-state index contributed by atoms with van der Waals surface area (Å²) < 4.78 is 0. The van der Waals surface area contributed by atoms with Crippen molar-refractivity contribution in [1.82, 2.24) is 4.90 Å². The van der Waals surface area contributed by atoms with E-state index in [0.717, 1.165) is 6.42 Å². The monoisotopic (exact) mass is 172 g/mol. The summed E-state index contributed by atoms with van der Waals surface area (Å²) in [5, 5.41) is 8.59. The van der Waals surface area contributed by atoms with Gasteiger partial charge in [0.15, 0.2) is 17.0 Å². The van der Waals surface area contributed by atoms with Crippen LogP contribution in [0.25, 0.3) is 0 Å². The van der Waals surface area contributed by atoms with E-state index < -0.39 is 5.00 Å². The lowest BCUT2D eigenvalue weighted by atomic mass is 10.1. The fourth-order valence-electron chi connectivity index (χ4n) is 1.28. The zero-order valence-corrected chi connectivity index (χ0v) is 7.06. The van der Waals surface area contributed by atoms with E-state index in [-0.39, 0.29) is 5.78 Å². The lowest BCUT2D eigenvalue weighted by molar-refractivity contribution is -0.122. The summed E-state index contributed by atoms with van der Waals surface area (Å²) in [5.41, 5.74) is 0. The molecule has 1 aliphatic rings. The van der Waals surface area contributed by atoms with Crippen molar-refractivity contribution in [3.05, 3.63) is 0 Å². The first-order valence-corrected chi connectivity index (χ1v) is 3.86. The molecule has 0 N–H and O–H groups in total. The molecule has 11 heavy (non-hydrogen) atoms. The van der Waals surface area contributed by atoms with Gasteiger partial charge in [0.2, 0.25) is 0 Å². The summed E-state index contributed by atoms with van der Waals surface area (Å²) in [6.07, 6.45) is 3.31. The second-order valence-electron chi connectivity index (χ2n) is 2.67. The average Bonchev–Trinajstić information content (AvgIpc) is 2.32. The topological polar surface area (TPSA) is 44.1 Å². The van der Waals surface area contributed by atoms with Crippen LogP contribution in [0.3, 0.4) is 0 Å². The van der Waals surface area contributed by atoms with Gasteiger partial charge in [0.25, 0.3) is 0 Å². The number of alkyl halides is 1. The minimum Gasteiger partial charge on any atom is -0.296 e. The third-order valence-corrected chi connectivity index (χ3v) is 2.64. The van der Waals surface area contributed by atoms with Gasteiger partial charge >= 0.3 is 0 Å². The predicted molar refractivity (Wildman–Crippen MR) is 40.8 cm³/mol. The van der Waals surface area contributed by atoms with E-state index in [9.17, 15) is 4.79 Å². The highest BCUT2D eigenvalue weighted by atomic mass is 35.5. The molecule has 0 amide bonds. The molecule has 0 bridgehead atoms. The lowest BCUT2D eigenvalue weighted by Crippen LogP contribution is -2.41. The summed E-state index contributed by atoms with van der Waals surface area (Å²) in [6, 6.07) is 0. The zero-order valence-electron chi connectivity index (χ0n) is 6.30. The SMILES string of the molecule is CC(=O)C1(Cl)CCCN1C#N. The Morgan fingerprint density at radius 3 is 2.82 bits per heavy atom. The Morgan fingerprint density at radius 1 is 1.82 bits per heavy atom. The number of halogens is 1. The average molecular weight is 173 g/mol. The second-order valence-corrected chi connectivity index (χ2v) is 3.30. The maximum absolute atomic E-state index is 11.0. The molecular weight excluding hydrogens is 164 g/mol. The van der Waals surface area contributed by atoms with Crippen LogP contribution in [0.1, 0.15) is 19.8 Å². The fraction of sp³-hybridized carbons (Fsp3) is 0.714. The number of hydrogen-bond donors (Lipinski definition) is 0. The molecule has 0 aromatic heterocycles. The Bertz CT molecular complexity index is 223.